The van der Waals surface area contributed by atoms with Crippen LogP contribution in [0, 0.1) is 0 Å². The van der Waals surface area contributed by atoms with Gasteiger partial charge in [-0.2, -0.15) is 0 Å². The van der Waals surface area contributed by atoms with Crippen LogP contribution in [0.15, 0.2) is 24.3 Å². The van der Waals surface area contributed by atoms with Crippen LogP contribution in [0.3, 0.4) is 0 Å². The molecule has 21 heavy (non-hydrogen) atoms. The average molecular weight is 293 g/mol. The normalized spacial score (nSPS) is 12.0. The van der Waals surface area contributed by atoms with Gasteiger partial charge in [-0.05, 0) is 37.5 Å². The van der Waals surface area contributed by atoms with Crippen molar-refractivity contribution in [2.75, 3.05) is 0 Å². The Balaban J connectivity index is 2.63. The highest BCUT2D eigenvalue weighted by Gasteiger charge is 2.17. The first-order valence-electron chi connectivity index (χ1n) is 7.24. The van der Waals surface area contributed by atoms with Crippen LogP contribution < -0.4 is 10.1 Å². The molecule has 0 aromatic heterocycles. The second-order valence-corrected chi connectivity index (χ2v) is 5.00. The Morgan fingerprint density at radius 2 is 1.95 bits per heavy atom. The van der Waals surface area contributed by atoms with Crippen LogP contribution in [0.5, 0.6) is 5.75 Å². The predicted molar refractivity (Wildman–Crippen MR) is 80.4 cm³/mol. The van der Waals surface area contributed by atoms with Crippen molar-refractivity contribution in [2.24, 2.45) is 0 Å². The van der Waals surface area contributed by atoms with Gasteiger partial charge in [0, 0.05) is 6.04 Å². The molecule has 0 aliphatic heterocycles. The number of hydrogen-bond acceptors (Lipinski definition) is 3. The van der Waals surface area contributed by atoms with E-state index in [0.29, 0.717) is 11.3 Å². The first kappa shape index (κ1) is 17.0. The summed E-state index contributed by atoms with van der Waals surface area (Å²) >= 11 is 0. The van der Waals surface area contributed by atoms with Crippen molar-refractivity contribution in [3.05, 3.63) is 29.8 Å². The summed E-state index contributed by atoms with van der Waals surface area (Å²) in [6.45, 7) is 5.73. The van der Waals surface area contributed by atoms with Crippen LogP contribution >= 0.6 is 0 Å². The van der Waals surface area contributed by atoms with Crippen LogP contribution in [0.4, 0.5) is 0 Å². The van der Waals surface area contributed by atoms with E-state index in [1.54, 1.807) is 31.2 Å². The average Bonchev–Trinajstić information content (AvgIpc) is 2.44. The Labute approximate surface area is 125 Å². The van der Waals surface area contributed by atoms with E-state index in [-0.39, 0.29) is 18.4 Å². The van der Waals surface area contributed by atoms with E-state index in [2.05, 4.69) is 5.32 Å². The Morgan fingerprint density at radius 3 is 2.52 bits per heavy atom. The lowest BCUT2D eigenvalue weighted by atomic mass is 10.1. The minimum Gasteiger partial charge on any atom is -0.481 e. The lowest BCUT2D eigenvalue weighted by molar-refractivity contribution is -0.136. The van der Waals surface area contributed by atoms with Gasteiger partial charge in [0.1, 0.15) is 5.75 Å². The van der Waals surface area contributed by atoms with E-state index < -0.39 is 12.1 Å². The Morgan fingerprint density at radius 1 is 1.29 bits per heavy atom. The maximum atomic E-state index is 12.0. The van der Waals surface area contributed by atoms with Crippen molar-refractivity contribution >= 4 is 11.9 Å². The smallest absolute Gasteiger partial charge is 0.307 e. The third kappa shape index (κ3) is 5.85. The molecule has 2 N–H and O–H groups in total. The maximum Gasteiger partial charge on any atom is 0.307 e. The fourth-order valence-electron chi connectivity index (χ4n) is 1.97. The quantitative estimate of drug-likeness (QED) is 0.771. The molecular weight excluding hydrogens is 270 g/mol. The molecule has 0 fully saturated rings. The topological polar surface area (TPSA) is 75.6 Å². The van der Waals surface area contributed by atoms with Gasteiger partial charge in [-0.25, -0.2) is 0 Å². The third-order valence-electron chi connectivity index (χ3n) is 3.27. The molecule has 116 valence electrons. The number of carbonyl (C=O) groups is 2. The third-order valence-corrected chi connectivity index (χ3v) is 3.27. The minimum atomic E-state index is -0.897. The fourth-order valence-corrected chi connectivity index (χ4v) is 1.97. The molecule has 1 atom stereocenters. The number of carbonyl (C=O) groups excluding carboxylic acids is 1. The number of benzene rings is 1. The highest BCUT2D eigenvalue weighted by Crippen LogP contribution is 2.15. The molecule has 0 saturated carbocycles. The summed E-state index contributed by atoms with van der Waals surface area (Å²) in [6, 6.07) is 6.96. The van der Waals surface area contributed by atoms with Crippen LogP contribution in [-0.2, 0) is 16.0 Å². The van der Waals surface area contributed by atoms with E-state index in [9.17, 15) is 9.59 Å². The van der Waals surface area contributed by atoms with Gasteiger partial charge in [0.2, 0.25) is 0 Å². The molecule has 0 radical (unpaired) electrons. The molecule has 0 heterocycles. The van der Waals surface area contributed by atoms with Gasteiger partial charge in [0.15, 0.2) is 6.10 Å². The number of amides is 1. The van der Waals surface area contributed by atoms with Crippen molar-refractivity contribution in [3.63, 3.8) is 0 Å². The van der Waals surface area contributed by atoms with Crippen molar-refractivity contribution in [3.8, 4) is 5.75 Å². The molecule has 5 heteroatoms. The SMILES string of the molecule is CCC(CC)NC(=O)C(C)Oc1cccc(CC(=O)O)c1. The predicted octanol–water partition coefficient (Wildman–Crippen LogP) is 2.39. The number of carboxylic acid groups (broad SMARTS) is 1. The second kappa shape index (κ2) is 8.29. The number of hydrogen-bond donors (Lipinski definition) is 2. The summed E-state index contributed by atoms with van der Waals surface area (Å²) < 4.78 is 5.58. The van der Waals surface area contributed by atoms with Gasteiger partial charge < -0.3 is 15.2 Å². The van der Waals surface area contributed by atoms with E-state index in [4.69, 9.17) is 9.84 Å². The lowest BCUT2D eigenvalue weighted by Crippen LogP contribution is -2.42. The summed E-state index contributed by atoms with van der Waals surface area (Å²) in [7, 11) is 0. The van der Waals surface area contributed by atoms with Gasteiger partial charge in [-0.3, -0.25) is 9.59 Å². The zero-order valence-corrected chi connectivity index (χ0v) is 12.8. The summed E-state index contributed by atoms with van der Waals surface area (Å²) in [4.78, 5) is 22.7. The zero-order chi connectivity index (χ0) is 15.8. The minimum absolute atomic E-state index is 0.0640. The standard InChI is InChI=1S/C16H23NO4/c1-4-13(5-2)17-16(20)11(3)21-14-8-6-7-12(9-14)10-15(18)19/h6-9,11,13H,4-5,10H2,1-3H3,(H,17,20)(H,18,19). The zero-order valence-electron chi connectivity index (χ0n) is 12.8. The van der Waals surface area contributed by atoms with Crippen LogP contribution in [0.25, 0.3) is 0 Å². The molecular formula is C16H23NO4. The van der Waals surface area contributed by atoms with Crippen LogP contribution in [0.1, 0.15) is 39.2 Å². The van der Waals surface area contributed by atoms with Gasteiger partial charge in [-0.1, -0.05) is 26.0 Å². The van der Waals surface area contributed by atoms with Gasteiger partial charge in [-0.15, -0.1) is 0 Å². The Kier molecular flexibility index (Phi) is 6.72. The Bertz CT molecular complexity index is 483. The summed E-state index contributed by atoms with van der Waals surface area (Å²) in [5.41, 5.74) is 0.646. The molecule has 1 amide bonds. The Hall–Kier alpha value is -2.04. The number of nitrogens with one attached hydrogen (secondary N) is 1. The number of aliphatic carboxylic acids is 1. The monoisotopic (exact) mass is 293 g/mol. The highest BCUT2D eigenvalue weighted by molar-refractivity contribution is 5.81. The summed E-state index contributed by atoms with van der Waals surface area (Å²) in [5.74, 6) is -0.556. The second-order valence-electron chi connectivity index (χ2n) is 5.00. The molecule has 0 spiro atoms. The highest BCUT2D eigenvalue weighted by atomic mass is 16.5. The molecule has 0 aliphatic rings. The molecule has 0 aliphatic carbocycles. The molecule has 1 rings (SSSR count). The molecule has 1 unspecified atom stereocenters. The summed E-state index contributed by atoms with van der Waals surface area (Å²) in [6.07, 6.45) is 1.07. The number of rotatable bonds is 8. The van der Waals surface area contributed by atoms with Crippen LogP contribution in [-0.4, -0.2) is 29.1 Å². The van der Waals surface area contributed by atoms with Crippen molar-refractivity contribution in [2.45, 2.75) is 52.2 Å². The molecule has 0 bridgehead atoms. The van der Waals surface area contributed by atoms with E-state index in [1.807, 2.05) is 13.8 Å². The first-order chi connectivity index (χ1) is 9.96. The van der Waals surface area contributed by atoms with Crippen LogP contribution in [0.2, 0.25) is 0 Å². The van der Waals surface area contributed by atoms with E-state index in [1.165, 1.54) is 0 Å². The van der Waals surface area contributed by atoms with Crippen molar-refractivity contribution in [1.82, 2.24) is 5.32 Å². The summed E-state index contributed by atoms with van der Waals surface area (Å²) in [5, 5.41) is 11.7. The number of ether oxygens (including phenoxy) is 1. The van der Waals surface area contributed by atoms with E-state index >= 15 is 0 Å². The molecule has 1 aromatic rings. The largest absolute Gasteiger partial charge is 0.481 e. The lowest BCUT2D eigenvalue weighted by Gasteiger charge is -2.19. The number of carboxylic acids is 1. The molecule has 0 saturated heterocycles. The maximum absolute atomic E-state index is 12.0. The van der Waals surface area contributed by atoms with Crippen molar-refractivity contribution < 1.29 is 19.4 Å². The van der Waals surface area contributed by atoms with E-state index in [0.717, 1.165) is 12.8 Å². The fraction of sp³-hybridized carbons (Fsp3) is 0.500. The molecule has 5 nitrogen and oxygen atoms in total. The van der Waals surface area contributed by atoms with Crippen molar-refractivity contribution in [1.29, 1.82) is 0 Å². The first-order valence-corrected chi connectivity index (χ1v) is 7.24. The van der Waals surface area contributed by atoms with Gasteiger partial charge in [0.05, 0.1) is 6.42 Å². The van der Waals surface area contributed by atoms with Gasteiger partial charge >= 0.3 is 5.97 Å². The van der Waals surface area contributed by atoms with Gasteiger partial charge in [0.25, 0.3) is 5.91 Å². The molecule has 1 aromatic carbocycles.